The van der Waals surface area contributed by atoms with E-state index in [4.69, 9.17) is 0 Å². The third kappa shape index (κ3) is 3.90. The molecule has 1 heterocycles. The molecule has 0 aliphatic heterocycles. The van der Waals surface area contributed by atoms with Crippen LogP contribution in [-0.2, 0) is 4.79 Å². The Kier molecular flexibility index (Phi) is 3.71. The van der Waals surface area contributed by atoms with Crippen molar-refractivity contribution in [3.8, 4) is 0 Å². The van der Waals surface area contributed by atoms with Crippen LogP contribution in [-0.4, -0.2) is 33.3 Å². The first kappa shape index (κ1) is 10.0. The summed E-state index contributed by atoms with van der Waals surface area (Å²) in [4.78, 5) is 11.2. The third-order valence-electron chi connectivity index (χ3n) is 1.22. The molecule has 1 amide bonds. The lowest BCUT2D eigenvalue weighted by Crippen LogP contribution is -2.32. The van der Waals surface area contributed by atoms with E-state index in [1.54, 1.807) is 0 Å². The maximum absolute atomic E-state index is 11.2. The van der Waals surface area contributed by atoms with Gasteiger partial charge in [0, 0.05) is 17.6 Å². The van der Waals surface area contributed by atoms with Crippen LogP contribution < -0.4 is 10.6 Å². The molecule has 0 radical (unpaired) electrons. The maximum atomic E-state index is 11.2. The smallest absolute Gasteiger partial charge is 0.240 e. The molecule has 0 unspecified atom stereocenters. The van der Waals surface area contributed by atoms with Crippen molar-refractivity contribution in [3.63, 3.8) is 0 Å². The molecule has 6 nitrogen and oxygen atoms in total. The molecule has 0 saturated carbocycles. The van der Waals surface area contributed by atoms with Crippen molar-refractivity contribution < 1.29 is 4.79 Å². The van der Waals surface area contributed by atoms with Crippen LogP contribution in [0.4, 0.5) is 5.13 Å². The Morgan fingerprint density at radius 1 is 1.62 bits per heavy atom. The van der Waals surface area contributed by atoms with Crippen LogP contribution in [0.3, 0.4) is 0 Å². The second-order valence-corrected chi connectivity index (χ2v) is 3.48. The molecule has 7 heteroatoms. The van der Waals surface area contributed by atoms with E-state index in [1.807, 2.05) is 13.8 Å². The summed E-state index contributed by atoms with van der Waals surface area (Å²) in [6.07, 6.45) is 0. The molecule has 2 N–H and O–H groups in total. The molecule has 0 aromatic carbocycles. The van der Waals surface area contributed by atoms with Gasteiger partial charge in [-0.25, -0.2) is 0 Å². The van der Waals surface area contributed by atoms with E-state index in [2.05, 4.69) is 25.4 Å². The predicted octanol–water partition coefficient (Wildman–Crippen LogP) is -0.130. The monoisotopic (exact) mass is 201 g/mol. The van der Waals surface area contributed by atoms with E-state index in [-0.39, 0.29) is 12.5 Å². The van der Waals surface area contributed by atoms with Crippen LogP contribution in [0.5, 0.6) is 0 Å². The number of aromatic nitrogens is 3. The van der Waals surface area contributed by atoms with Gasteiger partial charge in [0.05, 0.1) is 6.54 Å². The fourth-order valence-corrected chi connectivity index (χ4v) is 1.03. The molecule has 0 aliphatic rings. The Hall–Kier alpha value is -1.08. The van der Waals surface area contributed by atoms with Gasteiger partial charge in [-0.2, -0.15) is 0 Å². The predicted molar refractivity (Wildman–Crippen MR) is 49.5 cm³/mol. The zero-order chi connectivity index (χ0) is 9.68. The summed E-state index contributed by atoms with van der Waals surface area (Å²) in [6, 6.07) is 0.290. The van der Waals surface area contributed by atoms with Crippen LogP contribution in [0.15, 0.2) is 0 Å². The highest BCUT2D eigenvalue weighted by Crippen LogP contribution is 2.03. The Morgan fingerprint density at radius 3 is 2.92 bits per heavy atom. The molecular weight excluding hydrogens is 190 g/mol. The number of nitrogens with zero attached hydrogens (tertiary/aromatic N) is 3. The maximum Gasteiger partial charge on any atom is 0.240 e. The van der Waals surface area contributed by atoms with Crippen molar-refractivity contribution in [1.82, 2.24) is 20.1 Å². The van der Waals surface area contributed by atoms with Crippen LogP contribution in [0.25, 0.3) is 0 Å². The summed E-state index contributed by atoms with van der Waals surface area (Å²) >= 11 is 1.05. The van der Waals surface area contributed by atoms with Crippen molar-refractivity contribution >= 4 is 22.6 Å². The van der Waals surface area contributed by atoms with E-state index in [0.29, 0.717) is 11.2 Å². The topological polar surface area (TPSA) is 79.8 Å². The molecule has 0 saturated heterocycles. The Labute approximate surface area is 79.9 Å². The average Bonchev–Trinajstić information content (AvgIpc) is 2.53. The van der Waals surface area contributed by atoms with Gasteiger partial charge in [0.15, 0.2) is 0 Å². The highest BCUT2D eigenvalue weighted by atomic mass is 32.1. The van der Waals surface area contributed by atoms with Crippen molar-refractivity contribution in [3.05, 3.63) is 0 Å². The summed E-state index contributed by atoms with van der Waals surface area (Å²) in [7, 11) is 0. The summed E-state index contributed by atoms with van der Waals surface area (Å²) in [5.41, 5.74) is 0. The molecule has 1 aromatic heterocycles. The van der Waals surface area contributed by atoms with Gasteiger partial charge < -0.3 is 5.32 Å². The van der Waals surface area contributed by atoms with E-state index >= 15 is 0 Å². The van der Waals surface area contributed by atoms with Gasteiger partial charge in [-0.3, -0.25) is 10.1 Å². The van der Waals surface area contributed by atoms with Crippen LogP contribution in [0.2, 0.25) is 0 Å². The molecule has 0 fully saturated rings. The summed E-state index contributed by atoms with van der Waals surface area (Å²) in [5, 5.41) is 12.9. The first-order valence-corrected chi connectivity index (χ1v) is 4.64. The van der Waals surface area contributed by atoms with Crippen molar-refractivity contribution in [1.29, 1.82) is 0 Å². The lowest BCUT2D eigenvalue weighted by Gasteiger charge is -2.06. The van der Waals surface area contributed by atoms with E-state index in [9.17, 15) is 4.79 Å². The van der Waals surface area contributed by atoms with Crippen molar-refractivity contribution in [2.24, 2.45) is 0 Å². The van der Waals surface area contributed by atoms with Gasteiger partial charge in [0.1, 0.15) is 0 Å². The number of carbonyl (C=O) groups is 1. The largest absolute Gasteiger partial charge is 0.306 e. The molecule has 0 spiro atoms. The number of carbonyl (C=O) groups excluding carboxylic acids is 1. The number of amides is 1. The lowest BCUT2D eigenvalue weighted by atomic mass is 10.4. The summed E-state index contributed by atoms with van der Waals surface area (Å²) in [6.45, 7) is 4.22. The number of nitrogens with one attached hydrogen (secondary N) is 2. The van der Waals surface area contributed by atoms with Gasteiger partial charge in [-0.05, 0) is 5.21 Å². The lowest BCUT2D eigenvalue weighted by molar-refractivity contribution is -0.115. The summed E-state index contributed by atoms with van der Waals surface area (Å²) < 4.78 is 3.52. The quantitative estimate of drug-likeness (QED) is 0.709. The van der Waals surface area contributed by atoms with Gasteiger partial charge in [0.2, 0.25) is 11.0 Å². The summed E-state index contributed by atoms with van der Waals surface area (Å²) in [5.74, 6) is -0.132. The molecule has 0 atom stereocenters. The van der Waals surface area contributed by atoms with E-state index in [1.165, 1.54) is 0 Å². The number of rotatable bonds is 4. The highest BCUT2D eigenvalue weighted by Gasteiger charge is 2.04. The zero-order valence-corrected chi connectivity index (χ0v) is 8.26. The molecular formula is C6H11N5OS. The second kappa shape index (κ2) is 4.83. The first-order chi connectivity index (χ1) is 6.18. The fourth-order valence-electron chi connectivity index (χ4n) is 0.642. The van der Waals surface area contributed by atoms with Crippen molar-refractivity contribution in [2.45, 2.75) is 19.9 Å². The third-order valence-corrected chi connectivity index (χ3v) is 1.73. The normalized spacial score (nSPS) is 10.4. The van der Waals surface area contributed by atoms with Crippen molar-refractivity contribution in [2.75, 3.05) is 11.9 Å². The van der Waals surface area contributed by atoms with E-state index in [0.717, 1.165) is 11.5 Å². The van der Waals surface area contributed by atoms with Crippen LogP contribution >= 0.6 is 11.5 Å². The Bertz CT molecular complexity index is 260. The Balaban J connectivity index is 2.26. The highest BCUT2D eigenvalue weighted by molar-refractivity contribution is 7.09. The van der Waals surface area contributed by atoms with Gasteiger partial charge in [-0.1, -0.05) is 23.4 Å². The molecule has 1 aromatic rings. The SMILES string of the molecule is CC(C)NCC(=O)Nc1nnns1. The average molecular weight is 201 g/mol. The second-order valence-electron chi connectivity index (χ2n) is 2.75. The van der Waals surface area contributed by atoms with Crippen LogP contribution in [0.1, 0.15) is 13.8 Å². The van der Waals surface area contributed by atoms with Gasteiger partial charge in [-0.15, -0.1) is 0 Å². The minimum absolute atomic E-state index is 0.132. The molecule has 72 valence electrons. The molecule has 1 rings (SSSR count). The van der Waals surface area contributed by atoms with Gasteiger partial charge >= 0.3 is 0 Å². The number of anilines is 1. The standard InChI is InChI=1S/C6H11N5OS/c1-4(2)7-3-5(12)8-6-9-10-11-13-6/h4,7H,3H2,1-2H3,(H,8,9,11,12). The van der Waals surface area contributed by atoms with Gasteiger partial charge in [0.25, 0.3) is 0 Å². The van der Waals surface area contributed by atoms with Crippen LogP contribution in [0, 0.1) is 0 Å². The molecule has 13 heavy (non-hydrogen) atoms. The Morgan fingerprint density at radius 2 is 2.38 bits per heavy atom. The molecule has 0 aliphatic carbocycles. The number of hydrogen-bond acceptors (Lipinski definition) is 6. The first-order valence-electron chi connectivity index (χ1n) is 3.86. The minimum atomic E-state index is -0.132. The number of hydrogen-bond donors (Lipinski definition) is 2. The zero-order valence-electron chi connectivity index (χ0n) is 7.44. The minimum Gasteiger partial charge on any atom is -0.306 e. The molecule has 0 bridgehead atoms. The van der Waals surface area contributed by atoms with E-state index < -0.39 is 0 Å². The fraction of sp³-hybridized carbons (Fsp3) is 0.667.